The predicted octanol–water partition coefficient (Wildman–Crippen LogP) is 4.80. The van der Waals surface area contributed by atoms with Gasteiger partial charge in [0.1, 0.15) is 5.75 Å². The molecule has 1 amide bonds. The fraction of sp³-hybridized carbons (Fsp3) is 0.300. The molecule has 2 aromatic carbocycles. The van der Waals surface area contributed by atoms with Crippen LogP contribution in [-0.4, -0.2) is 64.7 Å². The predicted molar refractivity (Wildman–Crippen MR) is 156 cm³/mol. The van der Waals surface area contributed by atoms with Crippen molar-refractivity contribution in [1.82, 2.24) is 19.4 Å². The number of carbonyl (C=O) groups is 1. The molecule has 4 heterocycles. The fourth-order valence-electron chi connectivity index (χ4n) is 5.61. The molecule has 200 valence electrons. The van der Waals surface area contributed by atoms with Crippen LogP contribution >= 0.6 is 0 Å². The summed E-state index contributed by atoms with van der Waals surface area (Å²) in [5, 5.41) is 7.43. The molecule has 2 aromatic heterocycles. The van der Waals surface area contributed by atoms with Gasteiger partial charge in [0, 0.05) is 61.1 Å². The molecule has 0 unspecified atom stereocenters. The van der Waals surface area contributed by atoms with Crippen LogP contribution in [0.25, 0.3) is 22.2 Å². The molecule has 6 rings (SSSR count). The molecule has 0 atom stereocenters. The van der Waals surface area contributed by atoms with E-state index in [9.17, 15) is 4.79 Å². The van der Waals surface area contributed by atoms with Crippen LogP contribution in [0.2, 0.25) is 0 Å². The molecule has 0 bridgehead atoms. The van der Waals surface area contributed by atoms with Gasteiger partial charge in [-0.1, -0.05) is 24.8 Å². The van der Waals surface area contributed by atoms with E-state index < -0.39 is 0 Å². The van der Waals surface area contributed by atoms with Crippen LogP contribution in [0.5, 0.6) is 5.75 Å². The van der Waals surface area contributed by atoms with Crippen LogP contribution in [0.3, 0.4) is 0 Å². The summed E-state index contributed by atoms with van der Waals surface area (Å²) in [6.07, 6.45) is 7.65. The third-order valence-corrected chi connectivity index (χ3v) is 7.70. The Morgan fingerprint density at radius 1 is 1.13 bits per heavy atom. The van der Waals surface area contributed by atoms with Gasteiger partial charge in [-0.3, -0.25) is 9.69 Å². The van der Waals surface area contributed by atoms with E-state index in [1.807, 2.05) is 37.4 Å². The molecule has 2 saturated heterocycles. The van der Waals surface area contributed by atoms with Gasteiger partial charge < -0.3 is 24.8 Å². The highest BCUT2D eigenvalue weighted by atomic mass is 16.5. The van der Waals surface area contributed by atoms with Gasteiger partial charge in [0.2, 0.25) is 11.9 Å². The normalized spacial score (nSPS) is 15.8. The third kappa shape index (κ3) is 4.81. The number of aromatic nitrogens is 3. The number of ether oxygens (including phenoxy) is 1. The molecule has 4 aromatic rings. The van der Waals surface area contributed by atoms with Crippen molar-refractivity contribution in [3.8, 4) is 17.0 Å². The quantitative estimate of drug-likeness (QED) is 0.321. The van der Waals surface area contributed by atoms with Crippen LogP contribution < -0.4 is 20.3 Å². The number of hydrogen-bond donors (Lipinski definition) is 2. The van der Waals surface area contributed by atoms with Crippen molar-refractivity contribution in [2.75, 3.05) is 48.8 Å². The number of benzene rings is 2. The van der Waals surface area contributed by atoms with E-state index in [4.69, 9.17) is 9.72 Å². The lowest BCUT2D eigenvalue weighted by Gasteiger charge is -2.46. The van der Waals surface area contributed by atoms with E-state index in [-0.39, 0.29) is 5.91 Å². The number of hydrogen-bond acceptors (Lipinski definition) is 7. The van der Waals surface area contributed by atoms with Crippen molar-refractivity contribution < 1.29 is 9.53 Å². The molecule has 0 saturated carbocycles. The van der Waals surface area contributed by atoms with E-state index in [1.165, 1.54) is 32.0 Å². The molecule has 39 heavy (non-hydrogen) atoms. The van der Waals surface area contributed by atoms with Gasteiger partial charge in [0.25, 0.3) is 0 Å². The molecule has 0 radical (unpaired) electrons. The molecular formula is C30H33N7O2. The zero-order valence-electron chi connectivity index (χ0n) is 22.4. The Morgan fingerprint density at radius 3 is 2.69 bits per heavy atom. The Labute approximate surface area is 228 Å². The first kappa shape index (κ1) is 24.9. The first-order valence-corrected chi connectivity index (χ1v) is 13.3. The molecule has 0 spiro atoms. The summed E-state index contributed by atoms with van der Waals surface area (Å²) in [5.74, 6) is 0.814. The lowest BCUT2D eigenvalue weighted by molar-refractivity contribution is -0.111. The SMILES string of the molecule is C=CC(=O)Nc1cc(Nc2nccc(-c3cn(C)c4ccccc34)n2)c(OC)cc1N1CC(N2CCCC2)C1. The maximum absolute atomic E-state index is 12.3. The second-order valence-corrected chi connectivity index (χ2v) is 10.1. The second-order valence-electron chi connectivity index (χ2n) is 10.1. The molecule has 2 fully saturated rings. The fourth-order valence-corrected chi connectivity index (χ4v) is 5.61. The van der Waals surface area contributed by atoms with Gasteiger partial charge in [0.05, 0.1) is 29.9 Å². The molecule has 0 aliphatic carbocycles. The van der Waals surface area contributed by atoms with Crippen molar-refractivity contribution >= 4 is 39.8 Å². The van der Waals surface area contributed by atoms with Gasteiger partial charge in [-0.05, 0) is 50.2 Å². The topological polar surface area (TPSA) is 87.5 Å². The molecule has 9 nitrogen and oxygen atoms in total. The standard InChI is InChI=1S/C30H33N7O2/c1-4-29(38)32-24-15-25(28(39-3)16-27(24)37-17-20(18-37)36-13-7-8-14-36)34-30-31-12-11-23(33-30)22-19-35(2)26-10-6-5-9-21(22)26/h4-6,9-12,15-16,19-20H,1,7-8,13-14,17-18H2,2-3H3,(H,32,38)(H,31,33,34). The summed E-state index contributed by atoms with van der Waals surface area (Å²) in [4.78, 5) is 26.5. The smallest absolute Gasteiger partial charge is 0.247 e. The minimum Gasteiger partial charge on any atom is -0.494 e. The number of para-hydroxylation sites is 1. The van der Waals surface area contributed by atoms with Crippen LogP contribution in [0.15, 0.2) is 67.5 Å². The molecule has 9 heteroatoms. The van der Waals surface area contributed by atoms with Gasteiger partial charge in [-0.25, -0.2) is 9.97 Å². The van der Waals surface area contributed by atoms with Crippen molar-refractivity contribution in [2.45, 2.75) is 18.9 Å². The van der Waals surface area contributed by atoms with Crippen molar-refractivity contribution in [1.29, 1.82) is 0 Å². The maximum Gasteiger partial charge on any atom is 0.247 e. The largest absolute Gasteiger partial charge is 0.494 e. The average Bonchev–Trinajstić information content (AvgIpc) is 3.57. The number of carbonyl (C=O) groups excluding carboxylic acids is 1. The number of amides is 1. The Morgan fingerprint density at radius 2 is 1.92 bits per heavy atom. The Balaban J connectivity index is 1.30. The summed E-state index contributed by atoms with van der Waals surface area (Å²) in [6.45, 7) is 7.80. The second kappa shape index (κ2) is 10.4. The van der Waals surface area contributed by atoms with Crippen molar-refractivity contribution in [3.05, 3.63) is 67.5 Å². The summed E-state index contributed by atoms with van der Waals surface area (Å²) in [6, 6.07) is 14.6. The van der Waals surface area contributed by atoms with Gasteiger partial charge in [0.15, 0.2) is 0 Å². The van der Waals surface area contributed by atoms with E-state index >= 15 is 0 Å². The third-order valence-electron chi connectivity index (χ3n) is 7.70. The van der Waals surface area contributed by atoms with Crippen molar-refractivity contribution in [3.63, 3.8) is 0 Å². The lowest BCUT2D eigenvalue weighted by Crippen LogP contribution is -2.59. The number of nitrogens with one attached hydrogen (secondary N) is 2. The summed E-state index contributed by atoms with van der Waals surface area (Å²) >= 11 is 0. The Kier molecular flexibility index (Phi) is 6.66. The number of rotatable bonds is 8. The number of likely N-dealkylation sites (tertiary alicyclic amines) is 1. The van der Waals surface area contributed by atoms with Crippen LogP contribution in [0.1, 0.15) is 12.8 Å². The zero-order chi connectivity index (χ0) is 26.9. The number of nitrogens with zero attached hydrogens (tertiary/aromatic N) is 5. The highest BCUT2D eigenvalue weighted by Gasteiger charge is 2.34. The minimum atomic E-state index is -0.266. The number of methoxy groups -OCH3 is 1. The van der Waals surface area contributed by atoms with Gasteiger partial charge in [-0.2, -0.15) is 0 Å². The van der Waals surface area contributed by atoms with E-state index in [2.05, 4.69) is 54.9 Å². The molecule has 2 aliphatic rings. The Hall–Kier alpha value is -4.37. The highest BCUT2D eigenvalue weighted by molar-refractivity contribution is 6.02. The van der Waals surface area contributed by atoms with Crippen LogP contribution in [0, 0.1) is 0 Å². The number of anilines is 4. The van der Waals surface area contributed by atoms with E-state index in [0.29, 0.717) is 29.1 Å². The molecule has 2 aliphatic heterocycles. The van der Waals surface area contributed by atoms with Crippen LogP contribution in [0.4, 0.5) is 23.0 Å². The van der Waals surface area contributed by atoms with Gasteiger partial charge in [-0.15, -0.1) is 0 Å². The highest BCUT2D eigenvalue weighted by Crippen LogP contribution is 2.40. The minimum absolute atomic E-state index is 0.266. The maximum atomic E-state index is 12.3. The van der Waals surface area contributed by atoms with Crippen LogP contribution in [-0.2, 0) is 11.8 Å². The summed E-state index contributed by atoms with van der Waals surface area (Å²) in [7, 11) is 3.67. The molecular weight excluding hydrogens is 490 g/mol. The summed E-state index contributed by atoms with van der Waals surface area (Å²) < 4.78 is 7.87. The number of aryl methyl sites for hydroxylation is 1. The first-order valence-electron chi connectivity index (χ1n) is 13.3. The number of fused-ring (bicyclic) bond motifs is 1. The monoisotopic (exact) mass is 523 g/mol. The zero-order valence-corrected chi connectivity index (χ0v) is 22.4. The lowest BCUT2D eigenvalue weighted by atomic mass is 10.0. The van der Waals surface area contributed by atoms with Gasteiger partial charge >= 0.3 is 0 Å². The Bertz CT molecular complexity index is 1530. The summed E-state index contributed by atoms with van der Waals surface area (Å²) in [5.41, 5.74) is 5.26. The average molecular weight is 524 g/mol. The van der Waals surface area contributed by atoms with E-state index in [1.54, 1.807) is 13.3 Å². The van der Waals surface area contributed by atoms with E-state index in [0.717, 1.165) is 40.9 Å². The molecule has 2 N–H and O–H groups in total. The van der Waals surface area contributed by atoms with Crippen molar-refractivity contribution in [2.24, 2.45) is 7.05 Å². The first-order chi connectivity index (χ1) is 19.0.